The van der Waals surface area contributed by atoms with Gasteiger partial charge in [-0.05, 0) is 49.6 Å². The van der Waals surface area contributed by atoms with Crippen LogP contribution in [0.25, 0.3) is 0 Å². The number of ether oxygens (including phenoxy) is 2. The summed E-state index contributed by atoms with van der Waals surface area (Å²) in [6, 6.07) is 14.8. The summed E-state index contributed by atoms with van der Waals surface area (Å²) >= 11 is 0. The van der Waals surface area contributed by atoms with Crippen LogP contribution < -0.4 is 4.74 Å². The molecular formula is C26H38O5S. The molecule has 178 valence electrons. The van der Waals surface area contributed by atoms with Crippen LogP contribution in [0.2, 0.25) is 0 Å². The number of aryl methyl sites for hydroxylation is 2. The van der Waals surface area contributed by atoms with Gasteiger partial charge >= 0.3 is 0 Å². The highest BCUT2D eigenvalue weighted by Gasteiger charge is 2.14. The Morgan fingerprint density at radius 2 is 1.34 bits per heavy atom. The van der Waals surface area contributed by atoms with E-state index < -0.39 is 10.1 Å². The second-order valence-corrected chi connectivity index (χ2v) is 9.68. The summed E-state index contributed by atoms with van der Waals surface area (Å²) in [5.74, 6) is 0.815. The standard InChI is InChI=1S/C26H38O5S/c1-3-4-5-6-7-8-9-10-24-13-15-25(16-14-24)30-21-19-29-20-22-31-32(27,28)26-17-11-23(2)12-18-26/h11-18H,3-10,19-22H2,1-2H3. The smallest absolute Gasteiger partial charge is 0.297 e. The van der Waals surface area contributed by atoms with Gasteiger partial charge in [0.1, 0.15) is 12.4 Å². The van der Waals surface area contributed by atoms with Gasteiger partial charge in [0.05, 0.1) is 24.7 Å². The Hall–Kier alpha value is -1.89. The molecule has 0 aliphatic carbocycles. The first kappa shape index (κ1) is 26.4. The number of hydrogen-bond donors (Lipinski definition) is 0. The molecule has 0 aromatic heterocycles. The van der Waals surface area contributed by atoms with Crippen LogP contribution in [0.1, 0.15) is 63.0 Å². The highest BCUT2D eigenvalue weighted by molar-refractivity contribution is 7.86. The molecule has 0 aliphatic heterocycles. The largest absolute Gasteiger partial charge is 0.491 e. The van der Waals surface area contributed by atoms with Crippen LogP contribution >= 0.6 is 0 Å². The van der Waals surface area contributed by atoms with Gasteiger partial charge in [-0.3, -0.25) is 4.18 Å². The van der Waals surface area contributed by atoms with Crippen molar-refractivity contribution in [2.24, 2.45) is 0 Å². The Bertz CT molecular complexity index is 845. The van der Waals surface area contributed by atoms with E-state index >= 15 is 0 Å². The summed E-state index contributed by atoms with van der Waals surface area (Å²) < 4.78 is 40.3. The van der Waals surface area contributed by atoms with E-state index in [4.69, 9.17) is 13.7 Å². The summed E-state index contributed by atoms with van der Waals surface area (Å²) in [6.45, 7) is 5.09. The second-order valence-electron chi connectivity index (χ2n) is 8.07. The third kappa shape index (κ3) is 10.6. The van der Waals surface area contributed by atoms with Crippen LogP contribution in [0.4, 0.5) is 0 Å². The van der Waals surface area contributed by atoms with Crippen molar-refractivity contribution in [2.45, 2.75) is 70.1 Å². The fraction of sp³-hybridized carbons (Fsp3) is 0.538. The molecule has 2 aromatic carbocycles. The number of rotatable bonds is 17. The van der Waals surface area contributed by atoms with E-state index in [2.05, 4.69) is 19.1 Å². The van der Waals surface area contributed by atoms with Gasteiger partial charge < -0.3 is 9.47 Å². The minimum Gasteiger partial charge on any atom is -0.491 e. The zero-order valence-corrected chi connectivity index (χ0v) is 20.4. The summed E-state index contributed by atoms with van der Waals surface area (Å²) in [5.41, 5.74) is 2.34. The lowest BCUT2D eigenvalue weighted by molar-refractivity contribution is 0.0779. The quantitative estimate of drug-likeness (QED) is 0.210. The third-order valence-electron chi connectivity index (χ3n) is 5.26. The lowest BCUT2D eigenvalue weighted by atomic mass is 10.0. The summed E-state index contributed by atoms with van der Waals surface area (Å²) in [5, 5.41) is 0. The number of benzene rings is 2. The van der Waals surface area contributed by atoms with Gasteiger partial charge in [-0.15, -0.1) is 0 Å². The molecule has 0 radical (unpaired) electrons. The molecule has 0 saturated heterocycles. The van der Waals surface area contributed by atoms with E-state index in [1.165, 1.54) is 50.5 Å². The molecule has 0 fully saturated rings. The van der Waals surface area contributed by atoms with Crippen LogP contribution in [0.5, 0.6) is 5.75 Å². The van der Waals surface area contributed by atoms with E-state index in [1.54, 1.807) is 24.3 Å². The summed E-state index contributed by atoms with van der Waals surface area (Å²) in [7, 11) is -3.74. The van der Waals surface area contributed by atoms with Gasteiger partial charge in [-0.25, -0.2) is 0 Å². The first-order valence-corrected chi connectivity index (χ1v) is 13.2. The predicted octanol–water partition coefficient (Wildman–Crippen LogP) is 6.09. The summed E-state index contributed by atoms with van der Waals surface area (Å²) in [6.07, 6.45) is 10.4. The van der Waals surface area contributed by atoms with Crippen LogP contribution in [0, 0.1) is 6.92 Å². The average Bonchev–Trinajstić information content (AvgIpc) is 2.79. The fourth-order valence-electron chi connectivity index (χ4n) is 3.33. The Morgan fingerprint density at radius 1 is 0.719 bits per heavy atom. The lowest BCUT2D eigenvalue weighted by Gasteiger charge is -2.09. The van der Waals surface area contributed by atoms with Crippen molar-refractivity contribution < 1.29 is 22.1 Å². The van der Waals surface area contributed by atoms with Crippen molar-refractivity contribution in [3.63, 3.8) is 0 Å². The van der Waals surface area contributed by atoms with Gasteiger partial charge in [0.15, 0.2) is 0 Å². The van der Waals surface area contributed by atoms with Gasteiger partial charge in [0.25, 0.3) is 10.1 Å². The Labute approximate surface area is 194 Å². The molecule has 0 unspecified atom stereocenters. The molecule has 2 rings (SSSR count). The molecule has 0 atom stereocenters. The molecule has 0 saturated carbocycles. The molecule has 0 aliphatic rings. The van der Waals surface area contributed by atoms with E-state index in [1.807, 2.05) is 19.1 Å². The molecule has 5 nitrogen and oxygen atoms in total. The Kier molecular flexibility index (Phi) is 12.4. The van der Waals surface area contributed by atoms with Gasteiger partial charge in [0, 0.05) is 0 Å². The Morgan fingerprint density at radius 3 is 2.03 bits per heavy atom. The zero-order valence-electron chi connectivity index (χ0n) is 19.6. The molecule has 0 spiro atoms. The summed E-state index contributed by atoms with van der Waals surface area (Å²) in [4.78, 5) is 0.154. The monoisotopic (exact) mass is 462 g/mol. The van der Waals surface area contributed by atoms with Gasteiger partial charge in [-0.1, -0.05) is 75.3 Å². The van der Waals surface area contributed by atoms with Crippen molar-refractivity contribution in [3.05, 3.63) is 59.7 Å². The average molecular weight is 463 g/mol. The SMILES string of the molecule is CCCCCCCCCc1ccc(OCCOCCOS(=O)(=O)c2ccc(C)cc2)cc1. The highest BCUT2D eigenvalue weighted by Crippen LogP contribution is 2.16. The number of unbranched alkanes of at least 4 members (excludes halogenated alkanes) is 6. The van der Waals surface area contributed by atoms with Crippen LogP contribution in [-0.4, -0.2) is 34.8 Å². The second kappa shape index (κ2) is 15.0. The van der Waals surface area contributed by atoms with Crippen molar-refractivity contribution >= 4 is 10.1 Å². The lowest BCUT2D eigenvalue weighted by Crippen LogP contribution is -2.14. The highest BCUT2D eigenvalue weighted by atomic mass is 32.2. The van der Waals surface area contributed by atoms with E-state index in [0.29, 0.717) is 13.2 Å². The third-order valence-corrected chi connectivity index (χ3v) is 6.59. The van der Waals surface area contributed by atoms with Crippen LogP contribution in [0.3, 0.4) is 0 Å². The van der Waals surface area contributed by atoms with Crippen molar-refractivity contribution in [3.8, 4) is 5.75 Å². The van der Waals surface area contributed by atoms with E-state index in [-0.39, 0.29) is 18.1 Å². The fourth-order valence-corrected chi connectivity index (χ4v) is 4.23. The zero-order chi connectivity index (χ0) is 23.1. The first-order chi connectivity index (χ1) is 15.5. The maximum Gasteiger partial charge on any atom is 0.297 e. The molecule has 0 bridgehead atoms. The van der Waals surface area contributed by atoms with Gasteiger partial charge in [-0.2, -0.15) is 8.42 Å². The van der Waals surface area contributed by atoms with Crippen LogP contribution in [0.15, 0.2) is 53.4 Å². The van der Waals surface area contributed by atoms with E-state index in [0.717, 1.165) is 17.7 Å². The molecule has 2 aromatic rings. The molecule has 0 heterocycles. The van der Waals surface area contributed by atoms with Crippen molar-refractivity contribution in [1.29, 1.82) is 0 Å². The normalized spacial score (nSPS) is 11.6. The number of hydrogen-bond acceptors (Lipinski definition) is 5. The minimum absolute atomic E-state index is 0.0243. The molecular weight excluding hydrogens is 424 g/mol. The topological polar surface area (TPSA) is 61.8 Å². The van der Waals surface area contributed by atoms with E-state index in [9.17, 15) is 8.42 Å². The minimum atomic E-state index is -3.74. The predicted molar refractivity (Wildman–Crippen MR) is 129 cm³/mol. The molecule has 0 amide bonds. The van der Waals surface area contributed by atoms with Crippen LogP contribution in [-0.2, 0) is 25.5 Å². The van der Waals surface area contributed by atoms with Crippen molar-refractivity contribution in [2.75, 3.05) is 26.4 Å². The molecule has 32 heavy (non-hydrogen) atoms. The Balaban J connectivity index is 1.52. The molecule has 6 heteroatoms. The van der Waals surface area contributed by atoms with Crippen molar-refractivity contribution in [1.82, 2.24) is 0 Å². The maximum atomic E-state index is 12.1. The molecule has 0 N–H and O–H groups in total. The van der Waals surface area contributed by atoms with Gasteiger partial charge in [0.2, 0.25) is 0 Å². The first-order valence-electron chi connectivity index (χ1n) is 11.8. The maximum absolute atomic E-state index is 12.1.